The second-order valence-corrected chi connectivity index (χ2v) is 14.2. The lowest BCUT2D eigenvalue weighted by molar-refractivity contribution is -0.121. The van der Waals surface area contributed by atoms with Crippen molar-refractivity contribution in [2.45, 2.75) is 38.8 Å². The van der Waals surface area contributed by atoms with Crippen LogP contribution in [0.2, 0.25) is 0 Å². The molecule has 0 unspecified atom stereocenters. The molecule has 51 heavy (non-hydrogen) atoms. The zero-order valence-electron chi connectivity index (χ0n) is 28.7. The summed E-state index contributed by atoms with van der Waals surface area (Å²) >= 11 is 3.74. The minimum absolute atomic E-state index is 0.0197. The lowest BCUT2D eigenvalue weighted by Gasteiger charge is -2.46. The standard InChI is InChI=1S/C37H40BrFN8O4/c1-50-35-29(18-46-13-5-11-31(48)40-12-6-14-46)42-17-28(45-35)26-10-4-8-24(34(26)39)23-7-3-9-25(33(23)38)27-16-41-30(36(44-27)51-2)19-47-21-37(22-47)15-32(49)43-20-37/h3-4,7-10,16-17H,5-6,11-15,18-22H2,1-2H3,(H,40,48)(H,43,49). The van der Waals surface area contributed by atoms with Gasteiger partial charge in [0.05, 0.1) is 38.0 Å². The average Bonchev–Trinajstić information content (AvgIpc) is 3.55. The Morgan fingerprint density at radius 3 is 2.08 bits per heavy atom. The number of nitrogens with one attached hydrogen (secondary N) is 2. The number of aromatic nitrogens is 4. The molecule has 4 aromatic rings. The zero-order chi connectivity index (χ0) is 35.5. The van der Waals surface area contributed by atoms with Crippen molar-refractivity contribution in [2.24, 2.45) is 5.41 Å². The lowest BCUT2D eigenvalue weighted by atomic mass is 9.79. The first-order valence-corrected chi connectivity index (χ1v) is 17.9. The molecule has 2 aromatic carbocycles. The van der Waals surface area contributed by atoms with Crippen LogP contribution in [0.15, 0.2) is 53.3 Å². The molecule has 0 bridgehead atoms. The summed E-state index contributed by atoms with van der Waals surface area (Å²) in [4.78, 5) is 46.9. The third-order valence-corrected chi connectivity index (χ3v) is 10.6. The van der Waals surface area contributed by atoms with Crippen LogP contribution in [0.25, 0.3) is 33.6 Å². The highest BCUT2D eigenvalue weighted by atomic mass is 79.9. The van der Waals surface area contributed by atoms with Gasteiger partial charge in [-0.1, -0.05) is 30.3 Å². The first kappa shape index (κ1) is 34.9. The zero-order valence-corrected chi connectivity index (χ0v) is 30.3. The summed E-state index contributed by atoms with van der Waals surface area (Å²) in [7, 11) is 3.11. The second-order valence-electron chi connectivity index (χ2n) is 13.4. The predicted molar refractivity (Wildman–Crippen MR) is 192 cm³/mol. The first-order valence-electron chi connectivity index (χ1n) is 17.1. The maximum atomic E-state index is 16.4. The molecule has 2 N–H and O–H groups in total. The molecule has 12 nitrogen and oxygen atoms in total. The predicted octanol–water partition coefficient (Wildman–Crippen LogP) is 4.61. The van der Waals surface area contributed by atoms with Crippen LogP contribution >= 0.6 is 15.9 Å². The Balaban J connectivity index is 1.11. The van der Waals surface area contributed by atoms with E-state index >= 15 is 4.39 Å². The summed E-state index contributed by atoms with van der Waals surface area (Å²) in [5.41, 5.74) is 4.39. The van der Waals surface area contributed by atoms with Crippen molar-refractivity contribution in [2.75, 3.05) is 53.5 Å². The Morgan fingerprint density at radius 2 is 1.41 bits per heavy atom. The number of hydrogen-bond donors (Lipinski definition) is 2. The van der Waals surface area contributed by atoms with E-state index in [1.165, 1.54) is 7.11 Å². The van der Waals surface area contributed by atoms with Gasteiger partial charge in [0, 0.05) is 85.2 Å². The summed E-state index contributed by atoms with van der Waals surface area (Å²) in [5, 5.41) is 5.88. The molecule has 0 aliphatic carbocycles. The van der Waals surface area contributed by atoms with Gasteiger partial charge in [0.2, 0.25) is 23.6 Å². The highest BCUT2D eigenvalue weighted by Gasteiger charge is 2.48. The molecule has 2 aromatic heterocycles. The molecule has 0 atom stereocenters. The van der Waals surface area contributed by atoms with Gasteiger partial charge in [-0.05, 0) is 46.9 Å². The van der Waals surface area contributed by atoms with Crippen LogP contribution in [0.3, 0.4) is 0 Å². The van der Waals surface area contributed by atoms with E-state index in [2.05, 4.69) is 46.3 Å². The lowest BCUT2D eigenvalue weighted by Crippen LogP contribution is -2.56. The van der Waals surface area contributed by atoms with Crippen LogP contribution in [0.1, 0.15) is 37.1 Å². The van der Waals surface area contributed by atoms with Crippen LogP contribution < -0.4 is 20.1 Å². The minimum Gasteiger partial charge on any atom is -0.480 e. The summed E-state index contributed by atoms with van der Waals surface area (Å²) in [6.07, 6.45) is 5.93. The van der Waals surface area contributed by atoms with Gasteiger partial charge in [0.1, 0.15) is 17.2 Å². The molecule has 5 heterocycles. The Hall–Kier alpha value is -4.53. The Labute approximate surface area is 304 Å². The van der Waals surface area contributed by atoms with Crippen molar-refractivity contribution in [3.63, 3.8) is 0 Å². The van der Waals surface area contributed by atoms with Gasteiger partial charge in [-0.3, -0.25) is 29.4 Å². The third kappa shape index (κ3) is 7.44. The van der Waals surface area contributed by atoms with Crippen LogP contribution in [-0.4, -0.2) is 95.0 Å². The fourth-order valence-corrected chi connectivity index (χ4v) is 7.92. The minimum atomic E-state index is -0.442. The summed E-state index contributed by atoms with van der Waals surface area (Å²) in [6, 6.07) is 10.8. The number of hydrogen-bond acceptors (Lipinski definition) is 10. The molecule has 0 saturated carbocycles. The number of nitrogens with zero attached hydrogens (tertiary/aromatic N) is 6. The quantitative estimate of drug-likeness (QED) is 0.249. The molecule has 3 saturated heterocycles. The van der Waals surface area contributed by atoms with Crippen molar-refractivity contribution in [1.82, 2.24) is 40.4 Å². The smallest absolute Gasteiger partial charge is 0.237 e. The number of amides is 2. The van der Waals surface area contributed by atoms with Crippen LogP contribution in [-0.2, 0) is 22.7 Å². The SMILES string of the molecule is COc1nc(-c2cccc(-c3cccc(-c4cnc(CN5CC6(CNC(=O)C6)C5)c(OC)n4)c3Br)c2F)cnc1CN1CCCNC(=O)CCC1. The molecule has 7 rings (SSSR count). The van der Waals surface area contributed by atoms with E-state index in [9.17, 15) is 9.59 Å². The molecular weight excluding hydrogens is 719 g/mol. The maximum absolute atomic E-state index is 16.4. The van der Waals surface area contributed by atoms with Crippen molar-refractivity contribution in [3.05, 3.63) is 70.5 Å². The molecule has 3 aliphatic rings. The number of halogens is 2. The summed E-state index contributed by atoms with van der Waals surface area (Å²) in [6.45, 7) is 5.64. The number of rotatable bonds is 9. The highest BCUT2D eigenvalue weighted by molar-refractivity contribution is 9.10. The molecule has 14 heteroatoms. The fourth-order valence-electron chi connectivity index (χ4n) is 7.24. The van der Waals surface area contributed by atoms with Gasteiger partial charge in [-0.25, -0.2) is 14.4 Å². The monoisotopic (exact) mass is 758 g/mol. The van der Waals surface area contributed by atoms with Crippen LogP contribution in [0.5, 0.6) is 11.8 Å². The Morgan fingerprint density at radius 1 is 0.804 bits per heavy atom. The van der Waals surface area contributed by atoms with E-state index in [1.807, 2.05) is 18.2 Å². The van der Waals surface area contributed by atoms with Crippen molar-refractivity contribution in [1.29, 1.82) is 0 Å². The average molecular weight is 760 g/mol. The summed E-state index contributed by atoms with van der Waals surface area (Å²) < 4.78 is 28.4. The molecule has 3 fully saturated rings. The largest absolute Gasteiger partial charge is 0.480 e. The van der Waals surface area contributed by atoms with Crippen LogP contribution in [0.4, 0.5) is 4.39 Å². The van der Waals surface area contributed by atoms with Crippen molar-refractivity contribution >= 4 is 27.7 Å². The second kappa shape index (κ2) is 15.0. The van der Waals surface area contributed by atoms with E-state index < -0.39 is 5.82 Å². The molecular formula is C37H40BrFN8O4. The Kier molecular flexibility index (Phi) is 10.3. The Bertz CT molecular complexity index is 1960. The third-order valence-electron chi connectivity index (χ3n) is 9.76. The molecule has 0 radical (unpaired) electrons. The van der Waals surface area contributed by atoms with Gasteiger partial charge in [-0.15, -0.1) is 0 Å². The highest BCUT2D eigenvalue weighted by Crippen LogP contribution is 2.41. The number of likely N-dealkylation sites (tertiary alicyclic amines) is 1. The molecule has 266 valence electrons. The van der Waals surface area contributed by atoms with Crippen LogP contribution in [0, 0.1) is 11.2 Å². The van der Waals surface area contributed by atoms with Gasteiger partial charge < -0.3 is 20.1 Å². The van der Waals surface area contributed by atoms with E-state index in [0.29, 0.717) is 94.7 Å². The molecule has 1 spiro atoms. The number of benzene rings is 2. The normalized spacial score (nSPS) is 18.0. The topological polar surface area (TPSA) is 135 Å². The number of carbonyl (C=O) groups is 2. The first-order chi connectivity index (χ1) is 24.8. The van der Waals surface area contributed by atoms with E-state index in [4.69, 9.17) is 19.4 Å². The number of ether oxygens (including phenoxy) is 2. The molecule has 3 aliphatic heterocycles. The van der Waals surface area contributed by atoms with Gasteiger partial charge in [-0.2, -0.15) is 0 Å². The summed E-state index contributed by atoms with van der Waals surface area (Å²) in [5.74, 6) is 0.512. The van der Waals surface area contributed by atoms with E-state index in [0.717, 1.165) is 44.6 Å². The van der Waals surface area contributed by atoms with E-state index in [-0.39, 0.29) is 17.2 Å². The van der Waals surface area contributed by atoms with Gasteiger partial charge >= 0.3 is 0 Å². The van der Waals surface area contributed by atoms with E-state index in [1.54, 1.807) is 37.7 Å². The van der Waals surface area contributed by atoms with Gasteiger partial charge in [0.25, 0.3) is 0 Å². The van der Waals surface area contributed by atoms with Gasteiger partial charge in [0.15, 0.2) is 0 Å². The number of methoxy groups -OCH3 is 2. The fraction of sp³-hybridized carbons (Fsp3) is 0.405. The molecule has 2 amide bonds. The number of carbonyl (C=O) groups excluding carboxylic acids is 2. The maximum Gasteiger partial charge on any atom is 0.237 e. The van der Waals surface area contributed by atoms with Crippen molar-refractivity contribution in [3.8, 4) is 45.4 Å². The van der Waals surface area contributed by atoms with Crippen molar-refractivity contribution < 1.29 is 23.5 Å².